The van der Waals surface area contributed by atoms with Crippen molar-refractivity contribution in [2.24, 2.45) is 0 Å². The standard InChI is InChI=1S/C33H54N6O7S.C3H8/c1-5-26(40)11-7-6-9-18-34-33(46)35-19-10-8-12-28(32(44)45)38-29(41)22-37-31(43)27(17-20-47-4)39-30(42)25-15-13-24(14-16-25)21-36-23(2)3;1-3-2/h13-16,23,27-28,36H,5-12,17-22H2,1-4H3,(H,37,43)(H,38,41)(H,39,42)(H,44,45)(H2,34,35,46);3H2,1-2H3. The zero-order valence-electron chi connectivity index (χ0n) is 31.0. The summed E-state index contributed by atoms with van der Waals surface area (Å²) in [4.78, 5) is 73.2. The van der Waals surface area contributed by atoms with E-state index in [0.717, 1.165) is 24.8 Å². The Labute approximate surface area is 303 Å². The molecule has 0 fully saturated rings. The van der Waals surface area contributed by atoms with Crippen LogP contribution in [0.4, 0.5) is 4.79 Å². The summed E-state index contributed by atoms with van der Waals surface area (Å²) in [5.74, 6) is -1.97. The number of amides is 5. The van der Waals surface area contributed by atoms with E-state index in [9.17, 15) is 33.9 Å². The van der Waals surface area contributed by atoms with Gasteiger partial charge in [-0.15, -0.1) is 0 Å². The first-order valence-electron chi connectivity index (χ1n) is 17.8. The molecule has 7 N–H and O–H groups in total. The number of carboxylic acid groups (broad SMARTS) is 1. The third-order valence-corrected chi connectivity index (χ3v) is 7.88. The van der Waals surface area contributed by atoms with E-state index >= 15 is 0 Å². The largest absolute Gasteiger partial charge is 0.480 e. The Bertz CT molecular complexity index is 1150. The maximum atomic E-state index is 12.9. The first-order valence-corrected chi connectivity index (χ1v) is 19.2. The minimum atomic E-state index is -1.20. The Morgan fingerprint density at radius 1 is 0.780 bits per heavy atom. The molecule has 0 aliphatic heterocycles. The molecule has 284 valence electrons. The van der Waals surface area contributed by atoms with E-state index in [-0.39, 0.29) is 18.2 Å². The van der Waals surface area contributed by atoms with Crippen LogP contribution in [0.15, 0.2) is 24.3 Å². The Hall–Kier alpha value is -3.65. The molecule has 13 nitrogen and oxygen atoms in total. The number of ketones is 1. The number of carbonyl (C=O) groups is 6. The maximum Gasteiger partial charge on any atom is 0.326 e. The molecule has 1 aromatic carbocycles. The van der Waals surface area contributed by atoms with Crippen LogP contribution in [0.1, 0.15) is 115 Å². The smallest absolute Gasteiger partial charge is 0.326 e. The van der Waals surface area contributed by atoms with Crippen LogP contribution < -0.4 is 31.9 Å². The molecule has 2 unspecified atom stereocenters. The number of urea groups is 1. The van der Waals surface area contributed by atoms with Gasteiger partial charge in [0.1, 0.15) is 17.9 Å². The highest BCUT2D eigenvalue weighted by Crippen LogP contribution is 2.08. The van der Waals surface area contributed by atoms with Crippen LogP contribution in [0.3, 0.4) is 0 Å². The van der Waals surface area contributed by atoms with Crippen molar-refractivity contribution in [1.82, 2.24) is 31.9 Å². The summed E-state index contributed by atoms with van der Waals surface area (Å²) in [6, 6.07) is 5.08. The molecule has 0 heterocycles. The lowest BCUT2D eigenvalue weighted by molar-refractivity contribution is -0.142. The van der Waals surface area contributed by atoms with Crippen molar-refractivity contribution in [2.75, 3.05) is 31.6 Å². The summed E-state index contributed by atoms with van der Waals surface area (Å²) in [5, 5.41) is 26.0. The molecule has 1 rings (SSSR count). The number of carbonyl (C=O) groups excluding carboxylic acids is 5. The van der Waals surface area contributed by atoms with Gasteiger partial charge in [0, 0.05) is 44.1 Å². The van der Waals surface area contributed by atoms with E-state index in [1.54, 1.807) is 12.1 Å². The van der Waals surface area contributed by atoms with Crippen molar-refractivity contribution in [3.63, 3.8) is 0 Å². The number of rotatable bonds is 25. The van der Waals surface area contributed by atoms with E-state index in [1.807, 2.05) is 39.2 Å². The molecule has 0 saturated heterocycles. The van der Waals surface area contributed by atoms with Gasteiger partial charge in [-0.3, -0.25) is 19.2 Å². The second-order valence-corrected chi connectivity index (χ2v) is 13.3. The van der Waals surface area contributed by atoms with E-state index in [0.29, 0.717) is 69.1 Å². The summed E-state index contributed by atoms with van der Waals surface area (Å²) < 4.78 is 0. The molecule has 0 bridgehead atoms. The predicted octanol–water partition coefficient (Wildman–Crippen LogP) is 4.15. The van der Waals surface area contributed by atoms with Gasteiger partial charge in [-0.25, -0.2) is 9.59 Å². The van der Waals surface area contributed by atoms with Crippen molar-refractivity contribution < 1.29 is 33.9 Å². The van der Waals surface area contributed by atoms with Crippen molar-refractivity contribution in [2.45, 2.75) is 123 Å². The highest BCUT2D eigenvalue weighted by molar-refractivity contribution is 7.98. The van der Waals surface area contributed by atoms with Crippen LogP contribution in [-0.4, -0.2) is 90.4 Å². The third-order valence-electron chi connectivity index (χ3n) is 7.24. The molecule has 50 heavy (non-hydrogen) atoms. The van der Waals surface area contributed by atoms with Crippen LogP contribution in [0.5, 0.6) is 0 Å². The molecular weight excluding hydrogens is 660 g/mol. The van der Waals surface area contributed by atoms with Crippen LogP contribution >= 0.6 is 11.8 Å². The number of hydrogen-bond donors (Lipinski definition) is 7. The van der Waals surface area contributed by atoms with E-state index < -0.39 is 42.3 Å². The number of nitrogens with one attached hydrogen (secondary N) is 6. The SMILES string of the molecule is CCC.CCC(=O)CCCCCNC(=O)NCCCCC(NC(=O)CNC(=O)C(CCSC)NC(=O)c1ccc(CNC(C)C)cc1)C(=O)O. The lowest BCUT2D eigenvalue weighted by atomic mass is 10.1. The minimum Gasteiger partial charge on any atom is -0.480 e. The highest BCUT2D eigenvalue weighted by atomic mass is 32.2. The Morgan fingerprint density at radius 2 is 1.40 bits per heavy atom. The molecule has 0 aliphatic carbocycles. The van der Waals surface area contributed by atoms with Gasteiger partial charge in [0.05, 0.1) is 6.54 Å². The average molecular weight is 723 g/mol. The van der Waals surface area contributed by atoms with Crippen molar-refractivity contribution in [1.29, 1.82) is 0 Å². The Kier molecular flexibility index (Phi) is 27.0. The van der Waals surface area contributed by atoms with Gasteiger partial charge in [-0.2, -0.15) is 11.8 Å². The fourth-order valence-corrected chi connectivity index (χ4v) is 4.85. The first kappa shape index (κ1) is 46.4. The summed E-state index contributed by atoms with van der Waals surface area (Å²) in [6.07, 6.45) is 8.15. The van der Waals surface area contributed by atoms with E-state index in [1.165, 1.54) is 18.2 Å². The average Bonchev–Trinajstić information content (AvgIpc) is 3.09. The molecule has 2 atom stereocenters. The second kappa shape index (κ2) is 29.1. The summed E-state index contributed by atoms with van der Waals surface area (Å²) in [7, 11) is 0. The molecule has 0 saturated carbocycles. The number of Topliss-reactive ketones (excluding diaryl/α,β-unsaturated/α-hetero) is 1. The lowest BCUT2D eigenvalue weighted by Crippen LogP contribution is -2.51. The van der Waals surface area contributed by atoms with E-state index in [2.05, 4.69) is 45.7 Å². The van der Waals surface area contributed by atoms with Crippen LogP contribution in [0.25, 0.3) is 0 Å². The van der Waals surface area contributed by atoms with Crippen molar-refractivity contribution in [3.8, 4) is 0 Å². The third kappa shape index (κ3) is 23.7. The topological polar surface area (TPSA) is 195 Å². The van der Waals surface area contributed by atoms with Crippen molar-refractivity contribution in [3.05, 3.63) is 35.4 Å². The molecule has 14 heteroatoms. The lowest BCUT2D eigenvalue weighted by Gasteiger charge is -2.19. The van der Waals surface area contributed by atoms with Gasteiger partial charge in [-0.05, 0) is 68.2 Å². The van der Waals surface area contributed by atoms with E-state index in [4.69, 9.17) is 0 Å². The van der Waals surface area contributed by atoms with Crippen molar-refractivity contribution >= 4 is 47.3 Å². The quantitative estimate of drug-likeness (QED) is 0.0726. The van der Waals surface area contributed by atoms with Crippen LogP contribution in [0, 0.1) is 0 Å². The number of benzene rings is 1. The minimum absolute atomic E-state index is 0.146. The molecule has 0 aliphatic rings. The predicted molar refractivity (Wildman–Crippen MR) is 200 cm³/mol. The van der Waals surface area contributed by atoms with Crippen LogP contribution in [-0.2, 0) is 25.7 Å². The zero-order chi connectivity index (χ0) is 37.7. The number of hydrogen-bond acceptors (Lipinski definition) is 8. The van der Waals surface area contributed by atoms with Gasteiger partial charge in [0.15, 0.2) is 0 Å². The number of aliphatic carboxylic acids is 1. The molecular formula is C36H62N6O7S. The van der Waals surface area contributed by atoms with Gasteiger partial charge < -0.3 is 37.0 Å². The molecule has 5 amide bonds. The second-order valence-electron chi connectivity index (χ2n) is 12.3. The highest BCUT2D eigenvalue weighted by Gasteiger charge is 2.23. The molecule has 0 aromatic heterocycles. The van der Waals surface area contributed by atoms with Gasteiger partial charge >= 0.3 is 12.0 Å². The normalized spacial score (nSPS) is 11.7. The van der Waals surface area contributed by atoms with Gasteiger partial charge in [0.25, 0.3) is 5.91 Å². The summed E-state index contributed by atoms with van der Waals surface area (Å²) in [5.41, 5.74) is 1.43. The molecule has 0 spiro atoms. The maximum absolute atomic E-state index is 12.9. The van der Waals surface area contributed by atoms with Gasteiger partial charge in [-0.1, -0.05) is 59.6 Å². The monoisotopic (exact) mass is 722 g/mol. The summed E-state index contributed by atoms with van der Waals surface area (Å²) >= 11 is 1.52. The van der Waals surface area contributed by atoms with Gasteiger partial charge in [0.2, 0.25) is 11.8 Å². The zero-order valence-corrected chi connectivity index (χ0v) is 31.8. The molecule has 0 radical (unpaired) electrons. The fourth-order valence-electron chi connectivity index (χ4n) is 4.38. The Morgan fingerprint density at radius 3 is 1.96 bits per heavy atom. The van der Waals surface area contributed by atoms with Crippen LogP contribution in [0.2, 0.25) is 0 Å². The number of unbranched alkanes of at least 4 members (excludes halogenated alkanes) is 3. The Balaban J connectivity index is 0.00000770. The number of thioether (sulfide) groups is 1. The molecule has 1 aromatic rings. The summed E-state index contributed by atoms with van der Waals surface area (Å²) in [6.45, 7) is 11.3. The fraction of sp³-hybridized carbons (Fsp3) is 0.667. The number of carboxylic acids is 1. The first-order chi connectivity index (χ1) is 23.9.